The van der Waals surface area contributed by atoms with Gasteiger partial charge in [-0.1, -0.05) is 6.07 Å². The molecular weight excluding hydrogens is 334 g/mol. The van der Waals surface area contributed by atoms with Gasteiger partial charge in [-0.25, -0.2) is 9.97 Å². The van der Waals surface area contributed by atoms with Crippen molar-refractivity contribution in [1.82, 2.24) is 24.8 Å². The average molecular weight is 353 g/mol. The van der Waals surface area contributed by atoms with E-state index < -0.39 is 0 Å². The van der Waals surface area contributed by atoms with Gasteiger partial charge in [-0.2, -0.15) is 0 Å². The molecule has 4 rings (SSSR count). The summed E-state index contributed by atoms with van der Waals surface area (Å²) in [4.78, 5) is 30.6. The van der Waals surface area contributed by atoms with Crippen LogP contribution in [0.25, 0.3) is 11.5 Å². The van der Waals surface area contributed by atoms with Gasteiger partial charge in [-0.05, 0) is 38.1 Å². The van der Waals surface area contributed by atoms with Crippen molar-refractivity contribution in [1.29, 1.82) is 0 Å². The Morgan fingerprint density at radius 1 is 1.20 bits per heavy atom. The van der Waals surface area contributed by atoms with Crippen LogP contribution in [0.5, 0.6) is 0 Å². The molecule has 25 heavy (non-hydrogen) atoms. The lowest BCUT2D eigenvalue weighted by atomic mass is 9.93. The van der Waals surface area contributed by atoms with Gasteiger partial charge in [0.15, 0.2) is 5.82 Å². The monoisotopic (exact) mass is 353 g/mol. The molecule has 128 valence electrons. The molecule has 3 aromatic heterocycles. The molecule has 0 aliphatic carbocycles. The smallest absolute Gasteiger partial charge is 0.251 e. The predicted octanol–water partition coefficient (Wildman–Crippen LogP) is 2.67. The number of rotatable bonds is 4. The Bertz CT molecular complexity index is 870. The number of aromatic amines is 1. The van der Waals surface area contributed by atoms with E-state index in [1.165, 1.54) is 0 Å². The summed E-state index contributed by atoms with van der Waals surface area (Å²) in [6.45, 7) is 2.90. The van der Waals surface area contributed by atoms with Crippen molar-refractivity contribution in [3.63, 3.8) is 0 Å². The highest BCUT2D eigenvalue weighted by Crippen LogP contribution is 2.27. The van der Waals surface area contributed by atoms with Crippen LogP contribution in [0.1, 0.15) is 29.5 Å². The summed E-state index contributed by atoms with van der Waals surface area (Å²) in [7, 11) is 0. The number of nitrogens with zero attached hydrogens (tertiary/aromatic N) is 4. The Morgan fingerprint density at radius 2 is 2.08 bits per heavy atom. The SMILES string of the molecule is O=c1cc(C2CCN(Cc3nccs3)CC2)nc(-c2ccccn2)[nH]1. The number of pyridine rings is 1. The minimum Gasteiger partial charge on any atom is -0.305 e. The fourth-order valence-corrected chi connectivity index (χ4v) is 3.88. The molecule has 0 saturated carbocycles. The summed E-state index contributed by atoms with van der Waals surface area (Å²) >= 11 is 1.70. The van der Waals surface area contributed by atoms with Crippen LogP contribution < -0.4 is 5.56 Å². The second-order valence-electron chi connectivity index (χ2n) is 6.21. The molecule has 1 aliphatic rings. The zero-order valence-electron chi connectivity index (χ0n) is 13.8. The average Bonchev–Trinajstić information content (AvgIpc) is 3.16. The molecule has 0 unspecified atom stereocenters. The first-order valence-electron chi connectivity index (χ1n) is 8.41. The molecular formula is C18H19N5OS. The standard InChI is InChI=1S/C18H19N5OS/c24-16-11-15(21-18(22-16)14-3-1-2-6-19-14)13-4-8-23(9-5-13)12-17-20-7-10-25-17/h1-3,6-7,10-11,13H,4-5,8-9,12H2,(H,21,22,24). The van der Waals surface area contributed by atoms with E-state index in [-0.39, 0.29) is 5.56 Å². The van der Waals surface area contributed by atoms with Crippen LogP contribution in [-0.4, -0.2) is 37.9 Å². The van der Waals surface area contributed by atoms with Crippen LogP contribution in [-0.2, 0) is 6.54 Å². The van der Waals surface area contributed by atoms with Crippen LogP contribution in [0.4, 0.5) is 0 Å². The largest absolute Gasteiger partial charge is 0.305 e. The number of nitrogens with one attached hydrogen (secondary N) is 1. The van der Waals surface area contributed by atoms with Gasteiger partial charge in [0, 0.05) is 29.8 Å². The highest BCUT2D eigenvalue weighted by atomic mass is 32.1. The molecule has 0 radical (unpaired) electrons. The molecule has 0 spiro atoms. The topological polar surface area (TPSA) is 74.8 Å². The molecule has 0 atom stereocenters. The molecule has 0 bridgehead atoms. The van der Waals surface area contributed by atoms with E-state index in [1.54, 1.807) is 23.6 Å². The zero-order valence-corrected chi connectivity index (χ0v) is 14.6. The fraction of sp³-hybridized carbons (Fsp3) is 0.333. The molecule has 1 aliphatic heterocycles. The maximum atomic E-state index is 12.1. The van der Waals surface area contributed by atoms with Crippen molar-refractivity contribution in [2.24, 2.45) is 0 Å². The first-order chi connectivity index (χ1) is 12.3. The van der Waals surface area contributed by atoms with Crippen molar-refractivity contribution >= 4 is 11.3 Å². The molecule has 4 heterocycles. The van der Waals surface area contributed by atoms with Crippen LogP contribution in [0.2, 0.25) is 0 Å². The van der Waals surface area contributed by atoms with Crippen LogP contribution in [0.3, 0.4) is 0 Å². The highest BCUT2D eigenvalue weighted by Gasteiger charge is 2.23. The number of hydrogen-bond donors (Lipinski definition) is 1. The summed E-state index contributed by atoms with van der Waals surface area (Å²) in [5, 5.41) is 3.17. The van der Waals surface area contributed by atoms with E-state index in [4.69, 9.17) is 0 Å². The molecule has 0 amide bonds. The summed E-state index contributed by atoms with van der Waals surface area (Å²) < 4.78 is 0. The number of piperidine rings is 1. The number of hydrogen-bond acceptors (Lipinski definition) is 6. The predicted molar refractivity (Wildman–Crippen MR) is 97.5 cm³/mol. The summed E-state index contributed by atoms with van der Waals surface area (Å²) in [5.74, 6) is 0.866. The van der Waals surface area contributed by atoms with Gasteiger partial charge < -0.3 is 4.98 Å². The van der Waals surface area contributed by atoms with Gasteiger partial charge in [-0.3, -0.25) is 14.7 Å². The number of likely N-dealkylation sites (tertiary alicyclic amines) is 1. The summed E-state index contributed by atoms with van der Waals surface area (Å²) in [6, 6.07) is 7.24. The van der Waals surface area contributed by atoms with Gasteiger partial charge in [0.2, 0.25) is 0 Å². The molecule has 1 N–H and O–H groups in total. The zero-order chi connectivity index (χ0) is 17.1. The van der Waals surface area contributed by atoms with Gasteiger partial charge in [0.1, 0.15) is 10.7 Å². The van der Waals surface area contributed by atoms with Crippen molar-refractivity contribution in [2.45, 2.75) is 25.3 Å². The third-order valence-electron chi connectivity index (χ3n) is 4.52. The highest BCUT2D eigenvalue weighted by molar-refractivity contribution is 7.09. The minimum absolute atomic E-state index is 0.115. The molecule has 6 nitrogen and oxygen atoms in total. The molecule has 0 aromatic carbocycles. The summed E-state index contributed by atoms with van der Waals surface area (Å²) in [6.07, 6.45) is 5.57. The van der Waals surface area contributed by atoms with Gasteiger partial charge in [0.25, 0.3) is 5.56 Å². The second-order valence-corrected chi connectivity index (χ2v) is 7.19. The number of H-pyrrole nitrogens is 1. The molecule has 3 aromatic rings. The first-order valence-corrected chi connectivity index (χ1v) is 9.29. The third-order valence-corrected chi connectivity index (χ3v) is 5.28. The third kappa shape index (κ3) is 3.83. The Labute approximate surface area is 149 Å². The quantitative estimate of drug-likeness (QED) is 0.780. The Kier molecular flexibility index (Phi) is 4.67. The molecule has 7 heteroatoms. The second kappa shape index (κ2) is 7.25. The van der Waals surface area contributed by atoms with E-state index in [9.17, 15) is 4.79 Å². The van der Waals surface area contributed by atoms with Gasteiger partial charge >= 0.3 is 0 Å². The van der Waals surface area contributed by atoms with Crippen LogP contribution in [0.15, 0.2) is 46.8 Å². The van der Waals surface area contributed by atoms with Crippen molar-refractivity contribution in [3.05, 3.63) is 63.1 Å². The molecule has 1 fully saturated rings. The summed E-state index contributed by atoms with van der Waals surface area (Å²) in [5.41, 5.74) is 1.46. The number of thiazole rings is 1. The Morgan fingerprint density at radius 3 is 2.80 bits per heavy atom. The van der Waals surface area contributed by atoms with E-state index >= 15 is 0 Å². The van der Waals surface area contributed by atoms with Crippen LogP contribution >= 0.6 is 11.3 Å². The lowest BCUT2D eigenvalue weighted by Gasteiger charge is -2.31. The Hall–Kier alpha value is -2.38. The van der Waals surface area contributed by atoms with E-state index in [1.807, 2.05) is 29.8 Å². The van der Waals surface area contributed by atoms with Crippen molar-refractivity contribution < 1.29 is 0 Å². The normalized spacial score (nSPS) is 16.2. The van der Waals surface area contributed by atoms with Gasteiger partial charge in [0.05, 0.1) is 12.2 Å². The van der Waals surface area contributed by atoms with Gasteiger partial charge in [-0.15, -0.1) is 11.3 Å². The lowest BCUT2D eigenvalue weighted by molar-refractivity contribution is 0.203. The Balaban J connectivity index is 1.48. The fourth-order valence-electron chi connectivity index (χ4n) is 3.22. The lowest BCUT2D eigenvalue weighted by Crippen LogP contribution is -2.33. The first kappa shape index (κ1) is 16.1. The van der Waals surface area contributed by atoms with Crippen molar-refractivity contribution in [2.75, 3.05) is 13.1 Å². The maximum absolute atomic E-state index is 12.1. The van der Waals surface area contributed by atoms with Crippen molar-refractivity contribution in [3.8, 4) is 11.5 Å². The van der Waals surface area contributed by atoms with E-state index in [0.717, 1.165) is 43.2 Å². The van der Waals surface area contributed by atoms with E-state index in [0.29, 0.717) is 17.4 Å². The van der Waals surface area contributed by atoms with E-state index in [2.05, 4.69) is 24.8 Å². The minimum atomic E-state index is -0.115. The molecule has 1 saturated heterocycles. The number of aromatic nitrogens is 4. The van der Waals surface area contributed by atoms with Crippen LogP contribution in [0, 0.1) is 0 Å². The maximum Gasteiger partial charge on any atom is 0.251 e.